The van der Waals surface area contributed by atoms with E-state index >= 15 is 0 Å². The molecule has 9 rings (SSSR count). The fourth-order valence-corrected chi connectivity index (χ4v) is 10.4. The average Bonchev–Trinajstić information content (AvgIpc) is 3.68. The lowest BCUT2D eigenvalue weighted by atomic mass is 10.0. The summed E-state index contributed by atoms with van der Waals surface area (Å²) >= 11 is 3.64. The summed E-state index contributed by atoms with van der Waals surface area (Å²) in [6.45, 7) is 6.89. The minimum atomic E-state index is -3.50. The van der Waals surface area contributed by atoms with E-state index in [4.69, 9.17) is 10.1 Å². The Bertz CT molecular complexity index is 2580. The second-order valence-corrected chi connectivity index (χ2v) is 18.8. The maximum atomic E-state index is 13.4. The Labute approximate surface area is 343 Å². The molecule has 0 spiro atoms. The molecule has 58 heavy (non-hydrogen) atoms. The van der Waals surface area contributed by atoms with Gasteiger partial charge in [0.2, 0.25) is 11.8 Å². The lowest BCUT2D eigenvalue weighted by Crippen LogP contribution is -2.52. The van der Waals surface area contributed by atoms with Crippen molar-refractivity contribution in [3.63, 3.8) is 0 Å². The number of imide groups is 1. The number of pyridine rings is 1. The Balaban J connectivity index is 0.858. The van der Waals surface area contributed by atoms with Crippen LogP contribution in [0.2, 0.25) is 0 Å². The molecule has 0 radical (unpaired) electrons. The molecule has 4 aromatic heterocycles. The van der Waals surface area contributed by atoms with Crippen LogP contribution in [0.4, 0.5) is 17.5 Å². The first-order chi connectivity index (χ1) is 27.8. The van der Waals surface area contributed by atoms with Gasteiger partial charge in [0.05, 0.1) is 39.7 Å². The lowest BCUT2D eigenvalue weighted by Gasteiger charge is -2.37. The van der Waals surface area contributed by atoms with Crippen molar-refractivity contribution in [1.82, 2.24) is 49.0 Å². The number of carbonyl (C=O) groups is 3. The Hall–Kier alpha value is -5.27. The summed E-state index contributed by atoms with van der Waals surface area (Å²) < 4.78 is 29.0. The van der Waals surface area contributed by atoms with Crippen LogP contribution in [0.3, 0.4) is 0 Å². The number of rotatable bonds is 11. The molecule has 2 saturated heterocycles. The van der Waals surface area contributed by atoms with Gasteiger partial charge in [0.1, 0.15) is 17.7 Å². The molecule has 3 amide bonds. The van der Waals surface area contributed by atoms with Crippen LogP contribution in [-0.4, -0.2) is 107 Å². The molecule has 7 heterocycles. The Morgan fingerprint density at radius 3 is 2.55 bits per heavy atom. The fourth-order valence-electron chi connectivity index (χ4n) is 8.24. The third-order valence-corrected chi connectivity index (χ3v) is 14.1. The van der Waals surface area contributed by atoms with Crippen molar-refractivity contribution in [2.75, 3.05) is 30.4 Å². The van der Waals surface area contributed by atoms with E-state index in [0.717, 1.165) is 62.3 Å². The molecule has 2 N–H and O–H groups in total. The monoisotopic (exact) mass is 870 g/mol. The van der Waals surface area contributed by atoms with Gasteiger partial charge in [0.15, 0.2) is 11.6 Å². The van der Waals surface area contributed by atoms with Gasteiger partial charge in [0.25, 0.3) is 15.9 Å². The van der Waals surface area contributed by atoms with Crippen molar-refractivity contribution in [3.05, 3.63) is 70.2 Å². The van der Waals surface area contributed by atoms with Crippen molar-refractivity contribution in [3.8, 4) is 11.4 Å². The number of nitrogens with one attached hydrogen (secondary N) is 2. The molecule has 1 aromatic carbocycles. The van der Waals surface area contributed by atoms with Gasteiger partial charge in [-0.3, -0.25) is 29.3 Å². The number of halogens is 1. The highest BCUT2D eigenvalue weighted by molar-refractivity contribution is 9.10. The maximum absolute atomic E-state index is 13.4. The summed E-state index contributed by atoms with van der Waals surface area (Å²) in [6, 6.07) is 7.56. The van der Waals surface area contributed by atoms with Crippen LogP contribution in [0.5, 0.6) is 0 Å². The second kappa shape index (κ2) is 14.8. The molecular formula is C39H43BrN12O5S. The van der Waals surface area contributed by atoms with Gasteiger partial charge in [0, 0.05) is 67.6 Å². The number of fused-ring (bicyclic) bond motifs is 2. The molecule has 4 aliphatic rings. The predicted octanol–water partition coefficient (Wildman–Crippen LogP) is 4.37. The second-order valence-electron chi connectivity index (χ2n) is 15.8. The van der Waals surface area contributed by atoms with E-state index in [1.54, 1.807) is 17.2 Å². The van der Waals surface area contributed by atoms with Crippen LogP contribution in [0.15, 0.2) is 53.5 Å². The summed E-state index contributed by atoms with van der Waals surface area (Å²) in [7, 11) is -1.36. The largest absolute Gasteiger partial charge is 0.354 e. The summed E-state index contributed by atoms with van der Waals surface area (Å²) in [5.41, 5.74) is 4.00. The molecule has 1 unspecified atom stereocenters. The Morgan fingerprint density at radius 1 is 1.02 bits per heavy atom. The van der Waals surface area contributed by atoms with E-state index in [0.29, 0.717) is 67.0 Å². The van der Waals surface area contributed by atoms with Crippen molar-refractivity contribution in [1.29, 1.82) is 0 Å². The zero-order chi connectivity index (χ0) is 40.5. The van der Waals surface area contributed by atoms with E-state index in [2.05, 4.69) is 78.4 Å². The van der Waals surface area contributed by atoms with E-state index in [9.17, 15) is 22.8 Å². The SMILES string of the molecule is CC(C)n1nc(N2CCC(N(C)Cc3cc(Br)c4c(c3)CN(C3CCC(=O)NC3=O)C4=O)CC2)c2cnc(Nc3ccnc(-c4cnn(S(=O)(=O)C5CC5)c4)n3)cc21. The molecule has 1 aliphatic carbocycles. The zero-order valence-electron chi connectivity index (χ0n) is 32.3. The van der Waals surface area contributed by atoms with Crippen LogP contribution < -0.4 is 15.5 Å². The molecule has 1 saturated carbocycles. The van der Waals surface area contributed by atoms with Gasteiger partial charge >= 0.3 is 0 Å². The number of amides is 3. The van der Waals surface area contributed by atoms with Gasteiger partial charge < -0.3 is 15.1 Å². The third-order valence-electron chi connectivity index (χ3n) is 11.5. The normalized spacial score (nSPS) is 19.1. The van der Waals surface area contributed by atoms with Crippen LogP contribution >= 0.6 is 15.9 Å². The number of aromatic nitrogens is 7. The Morgan fingerprint density at radius 2 is 1.81 bits per heavy atom. The summed E-state index contributed by atoms with van der Waals surface area (Å²) in [5.74, 6) is 1.44. The first-order valence-electron chi connectivity index (χ1n) is 19.5. The number of benzene rings is 1. The first kappa shape index (κ1) is 38.3. The predicted molar refractivity (Wildman–Crippen MR) is 219 cm³/mol. The van der Waals surface area contributed by atoms with Gasteiger partial charge in [-0.2, -0.15) is 14.3 Å². The molecule has 3 aliphatic heterocycles. The standard InChI is InChI=1S/C39H43BrN12O5S/c1-22(2)52-31-16-33(44-32-8-11-41-36(45-32)25-17-43-51(21-25)58(56,57)27-4-5-27)42-18-28(31)37(47-52)49-12-9-26(10-13-49)48(3)19-23-14-24-20-50(39(55)35(24)29(40)15-23)30-6-7-34(53)46-38(30)54/h8,11,14-18,21-22,26-27,30H,4-7,9-10,12-13,19-20H2,1-3H3,(H,46,53,54)(H,41,42,44,45). The molecule has 17 nitrogen and oxygen atoms in total. The van der Waals surface area contributed by atoms with E-state index in [-0.39, 0.29) is 29.5 Å². The molecule has 5 aromatic rings. The number of nitrogens with zero attached hydrogens (tertiary/aromatic N) is 10. The van der Waals surface area contributed by atoms with Crippen molar-refractivity contribution >= 4 is 72.0 Å². The number of hydrogen-bond acceptors (Lipinski definition) is 13. The average molecular weight is 872 g/mol. The smallest absolute Gasteiger partial charge is 0.256 e. The summed E-state index contributed by atoms with van der Waals surface area (Å²) in [4.78, 5) is 57.6. The molecule has 0 bridgehead atoms. The van der Waals surface area contributed by atoms with Crippen LogP contribution in [0.1, 0.15) is 79.9 Å². The zero-order valence-corrected chi connectivity index (χ0v) is 34.7. The summed E-state index contributed by atoms with van der Waals surface area (Å²) in [5, 5.41) is 15.4. The van der Waals surface area contributed by atoms with Crippen LogP contribution in [0, 0.1) is 0 Å². The van der Waals surface area contributed by atoms with E-state index in [1.165, 1.54) is 12.4 Å². The number of piperidine rings is 2. The molecular weight excluding hydrogens is 828 g/mol. The van der Waals surface area contributed by atoms with Crippen molar-refractivity contribution in [2.24, 2.45) is 0 Å². The summed E-state index contributed by atoms with van der Waals surface area (Å²) in [6.07, 6.45) is 10.1. The van der Waals surface area contributed by atoms with Gasteiger partial charge in [-0.25, -0.2) is 23.4 Å². The number of anilines is 3. The first-order valence-corrected chi connectivity index (χ1v) is 21.8. The van der Waals surface area contributed by atoms with Gasteiger partial charge in [-0.1, -0.05) is 6.07 Å². The van der Waals surface area contributed by atoms with Gasteiger partial charge in [-0.15, -0.1) is 0 Å². The molecule has 3 fully saturated rings. The van der Waals surface area contributed by atoms with E-state index < -0.39 is 22.0 Å². The topological polar surface area (TPSA) is 193 Å². The van der Waals surface area contributed by atoms with Crippen molar-refractivity contribution < 1.29 is 22.8 Å². The Kier molecular flexibility index (Phi) is 9.79. The van der Waals surface area contributed by atoms with E-state index in [1.807, 2.05) is 23.0 Å². The highest BCUT2D eigenvalue weighted by Crippen LogP contribution is 2.36. The van der Waals surface area contributed by atoms with Gasteiger partial charge in [-0.05, 0) is 92.2 Å². The minimum absolute atomic E-state index is 0.0994. The highest BCUT2D eigenvalue weighted by Gasteiger charge is 2.41. The quantitative estimate of drug-likeness (QED) is 0.178. The molecule has 19 heteroatoms. The molecule has 302 valence electrons. The van der Waals surface area contributed by atoms with Crippen LogP contribution in [-0.2, 0) is 32.7 Å². The lowest BCUT2D eigenvalue weighted by molar-refractivity contribution is -0.136. The number of hydrogen-bond donors (Lipinski definition) is 2. The molecule has 1 atom stereocenters. The van der Waals surface area contributed by atoms with Crippen molar-refractivity contribution in [2.45, 2.75) is 88.8 Å². The van der Waals surface area contributed by atoms with Crippen LogP contribution in [0.25, 0.3) is 22.3 Å². The third kappa shape index (κ3) is 7.12. The number of carbonyl (C=O) groups excluding carboxylic acids is 3. The maximum Gasteiger partial charge on any atom is 0.256 e. The highest BCUT2D eigenvalue weighted by atomic mass is 79.9. The minimum Gasteiger partial charge on any atom is -0.354 e. The fraction of sp³-hybridized carbons (Fsp3) is 0.436.